The van der Waals surface area contributed by atoms with Crippen LogP contribution in [-0.4, -0.2) is 52.9 Å². The van der Waals surface area contributed by atoms with Gasteiger partial charge in [0.1, 0.15) is 0 Å². The van der Waals surface area contributed by atoms with Gasteiger partial charge in [-0.25, -0.2) is 0 Å². The Bertz CT molecular complexity index is 628. The van der Waals surface area contributed by atoms with E-state index in [1.807, 2.05) is 26.1 Å². The van der Waals surface area contributed by atoms with Crippen molar-refractivity contribution in [2.75, 3.05) is 26.7 Å². The summed E-state index contributed by atoms with van der Waals surface area (Å²) in [6.45, 7) is 4.38. The van der Waals surface area contributed by atoms with Crippen molar-refractivity contribution < 1.29 is 9.63 Å². The lowest BCUT2D eigenvalue weighted by molar-refractivity contribution is 0.173. The lowest BCUT2D eigenvalue weighted by atomic mass is 10.0. The number of nitrogens with one attached hydrogen (secondary N) is 1. The SMILES string of the molecule is CN[C@H](CN1CC[C@H](O)C1)c1cccc(-c2nc(C)no2)c1. The van der Waals surface area contributed by atoms with E-state index in [-0.39, 0.29) is 12.1 Å². The highest BCUT2D eigenvalue weighted by Crippen LogP contribution is 2.23. The maximum atomic E-state index is 9.66. The molecule has 2 N–H and O–H groups in total. The number of β-amino-alcohol motifs (C(OH)–C–C–N with tert-alkyl or cyclic N) is 1. The van der Waals surface area contributed by atoms with Crippen molar-refractivity contribution >= 4 is 0 Å². The molecule has 1 saturated heterocycles. The zero-order valence-corrected chi connectivity index (χ0v) is 13.0. The maximum absolute atomic E-state index is 9.66. The van der Waals surface area contributed by atoms with Crippen LogP contribution in [0.2, 0.25) is 0 Å². The smallest absolute Gasteiger partial charge is 0.257 e. The first-order valence-electron chi connectivity index (χ1n) is 7.64. The van der Waals surface area contributed by atoms with E-state index >= 15 is 0 Å². The average molecular weight is 302 g/mol. The molecular weight excluding hydrogens is 280 g/mol. The van der Waals surface area contributed by atoms with Crippen LogP contribution in [0.15, 0.2) is 28.8 Å². The van der Waals surface area contributed by atoms with Crippen molar-refractivity contribution in [1.82, 2.24) is 20.4 Å². The molecule has 0 saturated carbocycles. The van der Waals surface area contributed by atoms with Gasteiger partial charge in [-0.3, -0.25) is 4.90 Å². The highest BCUT2D eigenvalue weighted by Gasteiger charge is 2.23. The van der Waals surface area contributed by atoms with Crippen LogP contribution in [0, 0.1) is 6.92 Å². The second kappa shape index (κ2) is 6.56. The first-order valence-corrected chi connectivity index (χ1v) is 7.64. The fraction of sp³-hybridized carbons (Fsp3) is 0.500. The minimum atomic E-state index is -0.190. The Hall–Kier alpha value is -1.76. The monoisotopic (exact) mass is 302 g/mol. The van der Waals surface area contributed by atoms with Crippen molar-refractivity contribution in [3.63, 3.8) is 0 Å². The maximum Gasteiger partial charge on any atom is 0.257 e. The van der Waals surface area contributed by atoms with Crippen molar-refractivity contribution in [1.29, 1.82) is 0 Å². The Morgan fingerprint density at radius 1 is 1.50 bits per heavy atom. The van der Waals surface area contributed by atoms with E-state index in [0.29, 0.717) is 11.7 Å². The molecule has 22 heavy (non-hydrogen) atoms. The summed E-state index contributed by atoms with van der Waals surface area (Å²) in [5.74, 6) is 1.18. The van der Waals surface area contributed by atoms with Gasteiger partial charge in [0.25, 0.3) is 5.89 Å². The lowest BCUT2D eigenvalue weighted by Crippen LogP contribution is -2.33. The van der Waals surface area contributed by atoms with Gasteiger partial charge in [-0.1, -0.05) is 17.3 Å². The van der Waals surface area contributed by atoms with Gasteiger partial charge in [0.05, 0.1) is 6.10 Å². The zero-order chi connectivity index (χ0) is 15.5. The molecule has 6 nitrogen and oxygen atoms in total. The Kier molecular flexibility index (Phi) is 4.52. The number of rotatable bonds is 5. The van der Waals surface area contributed by atoms with Crippen LogP contribution in [0.1, 0.15) is 23.9 Å². The quantitative estimate of drug-likeness (QED) is 0.869. The molecule has 2 atom stereocenters. The molecule has 118 valence electrons. The van der Waals surface area contributed by atoms with Crippen molar-refractivity contribution in [3.8, 4) is 11.5 Å². The summed E-state index contributed by atoms with van der Waals surface area (Å²) in [5.41, 5.74) is 2.11. The third kappa shape index (κ3) is 3.35. The van der Waals surface area contributed by atoms with Gasteiger partial charge in [-0.05, 0) is 38.1 Å². The van der Waals surface area contributed by atoms with E-state index in [2.05, 4.69) is 32.5 Å². The summed E-state index contributed by atoms with van der Waals surface area (Å²) >= 11 is 0. The number of benzene rings is 1. The molecule has 1 fully saturated rings. The fourth-order valence-corrected chi connectivity index (χ4v) is 2.90. The molecule has 0 bridgehead atoms. The molecule has 0 amide bonds. The predicted octanol–water partition coefficient (Wildman–Crippen LogP) is 1.37. The van der Waals surface area contributed by atoms with E-state index in [0.717, 1.165) is 31.6 Å². The lowest BCUT2D eigenvalue weighted by Gasteiger charge is -2.23. The first-order chi connectivity index (χ1) is 10.7. The first kappa shape index (κ1) is 15.1. The molecule has 1 aliphatic rings. The number of likely N-dealkylation sites (N-methyl/N-ethyl adjacent to an activating group) is 1. The van der Waals surface area contributed by atoms with Crippen LogP contribution in [0.5, 0.6) is 0 Å². The van der Waals surface area contributed by atoms with Crippen molar-refractivity contribution in [3.05, 3.63) is 35.7 Å². The number of aliphatic hydroxyl groups is 1. The molecule has 6 heteroatoms. The number of likely N-dealkylation sites (tertiary alicyclic amines) is 1. The van der Waals surface area contributed by atoms with Gasteiger partial charge in [0.2, 0.25) is 0 Å². The van der Waals surface area contributed by atoms with E-state index in [4.69, 9.17) is 4.52 Å². The number of hydrogen-bond donors (Lipinski definition) is 2. The number of aromatic nitrogens is 2. The Morgan fingerprint density at radius 2 is 2.36 bits per heavy atom. The average Bonchev–Trinajstić information content (AvgIpc) is 3.13. The Balaban J connectivity index is 1.77. The van der Waals surface area contributed by atoms with E-state index in [1.54, 1.807) is 0 Å². The summed E-state index contributed by atoms with van der Waals surface area (Å²) in [7, 11) is 1.96. The second-order valence-corrected chi connectivity index (χ2v) is 5.82. The molecule has 0 spiro atoms. The van der Waals surface area contributed by atoms with E-state index in [1.165, 1.54) is 5.56 Å². The van der Waals surface area contributed by atoms with Gasteiger partial charge in [-0.2, -0.15) is 4.98 Å². The van der Waals surface area contributed by atoms with Gasteiger partial charge in [0, 0.05) is 31.2 Å². The summed E-state index contributed by atoms with van der Waals surface area (Å²) < 4.78 is 5.24. The van der Waals surface area contributed by atoms with Gasteiger partial charge >= 0.3 is 0 Å². The molecule has 1 aromatic heterocycles. The molecule has 0 radical (unpaired) electrons. The highest BCUT2D eigenvalue weighted by molar-refractivity contribution is 5.54. The predicted molar refractivity (Wildman–Crippen MR) is 83.3 cm³/mol. The third-order valence-electron chi connectivity index (χ3n) is 4.10. The standard InChI is InChI=1S/C16H22N4O2/c1-11-18-16(22-19-11)13-5-3-4-12(8-13)15(17-2)10-20-7-6-14(21)9-20/h3-5,8,14-15,17,21H,6-7,9-10H2,1-2H3/t14-,15+/m0/s1. The van der Waals surface area contributed by atoms with Crippen molar-refractivity contribution in [2.24, 2.45) is 0 Å². The normalized spacial score (nSPS) is 20.4. The second-order valence-electron chi connectivity index (χ2n) is 5.82. The van der Waals surface area contributed by atoms with Crippen molar-refractivity contribution in [2.45, 2.75) is 25.5 Å². The van der Waals surface area contributed by atoms with E-state index in [9.17, 15) is 5.11 Å². The van der Waals surface area contributed by atoms with Gasteiger partial charge in [-0.15, -0.1) is 0 Å². The Labute approximate surface area is 130 Å². The molecule has 1 aliphatic heterocycles. The van der Waals surface area contributed by atoms with Crippen LogP contribution >= 0.6 is 0 Å². The summed E-state index contributed by atoms with van der Waals surface area (Å²) in [4.78, 5) is 6.57. The summed E-state index contributed by atoms with van der Waals surface area (Å²) in [5, 5.41) is 16.9. The summed E-state index contributed by atoms with van der Waals surface area (Å²) in [6, 6.07) is 8.37. The van der Waals surface area contributed by atoms with Crippen LogP contribution in [0.4, 0.5) is 0 Å². The van der Waals surface area contributed by atoms with Crippen LogP contribution in [-0.2, 0) is 0 Å². The number of hydrogen-bond acceptors (Lipinski definition) is 6. The topological polar surface area (TPSA) is 74.4 Å². The highest BCUT2D eigenvalue weighted by atomic mass is 16.5. The number of aliphatic hydroxyl groups excluding tert-OH is 1. The van der Waals surface area contributed by atoms with Gasteiger partial charge < -0.3 is 14.9 Å². The molecule has 2 heterocycles. The van der Waals surface area contributed by atoms with Crippen LogP contribution in [0.3, 0.4) is 0 Å². The van der Waals surface area contributed by atoms with Crippen LogP contribution < -0.4 is 5.32 Å². The minimum absolute atomic E-state index is 0.190. The number of aryl methyl sites for hydroxylation is 1. The summed E-state index contributed by atoms with van der Waals surface area (Å²) in [6.07, 6.45) is 0.669. The molecule has 3 rings (SSSR count). The number of nitrogens with zero attached hydrogens (tertiary/aromatic N) is 3. The molecule has 0 unspecified atom stereocenters. The fourth-order valence-electron chi connectivity index (χ4n) is 2.90. The van der Waals surface area contributed by atoms with Crippen LogP contribution in [0.25, 0.3) is 11.5 Å². The Morgan fingerprint density at radius 3 is 3.00 bits per heavy atom. The van der Waals surface area contributed by atoms with E-state index < -0.39 is 0 Å². The molecule has 1 aromatic carbocycles. The van der Waals surface area contributed by atoms with Gasteiger partial charge in [0.15, 0.2) is 5.82 Å². The minimum Gasteiger partial charge on any atom is -0.392 e. The largest absolute Gasteiger partial charge is 0.392 e. The third-order valence-corrected chi connectivity index (χ3v) is 4.10. The zero-order valence-electron chi connectivity index (χ0n) is 13.0. The molecule has 2 aromatic rings. The molecular formula is C16H22N4O2. The molecule has 0 aliphatic carbocycles.